The molecule has 2 N–H and O–H groups in total. The second kappa shape index (κ2) is 6.15. The largest absolute Gasteiger partial charge is 0.370 e. The van der Waals surface area contributed by atoms with Crippen LogP contribution in [0.2, 0.25) is 0 Å². The van der Waals surface area contributed by atoms with Crippen molar-refractivity contribution in [3.8, 4) is 0 Å². The first-order chi connectivity index (χ1) is 9.72. The molecule has 0 radical (unpaired) electrons. The average molecular weight is 273 g/mol. The van der Waals surface area contributed by atoms with Crippen molar-refractivity contribution in [3.63, 3.8) is 0 Å². The van der Waals surface area contributed by atoms with Gasteiger partial charge >= 0.3 is 0 Å². The van der Waals surface area contributed by atoms with Gasteiger partial charge in [-0.2, -0.15) is 0 Å². The SMILES string of the molecule is CC(N)Cc1ccc(N2CCCN3CCCC3C2)cc1. The van der Waals surface area contributed by atoms with E-state index in [2.05, 4.69) is 41.0 Å². The number of anilines is 1. The van der Waals surface area contributed by atoms with E-state index in [-0.39, 0.29) is 6.04 Å². The van der Waals surface area contributed by atoms with Crippen LogP contribution in [0.3, 0.4) is 0 Å². The lowest BCUT2D eigenvalue weighted by Gasteiger charge is -2.27. The van der Waals surface area contributed by atoms with Gasteiger partial charge in [0.05, 0.1) is 0 Å². The lowest BCUT2D eigenvalue weighted by Crippen LogP contribution is -2.36. The van der Waals surface area contributed by atoms with Gasteiger partial charge in [-0.25, -0.2) is 0 Å². The van der Waals surface area contributed by atoms with Crippen molar-refractivity contribution in [1.29, 1.82) is 0 Å². The van der Waals surface area contributed by atoms with E-state index >= 15 is 0 Å². The van der Waals surface area contributed by atoms with E-state index in [1.165, 1.54) is 56.7 Å². The molecule has 2 atom stereocenters. The molecule has 3 heteroatoms. The minimum absolute atomic E-state index is 0.242. The first-order valence-corrected chi connectivity index (χ1v) is 8.06. The summed E-state index contributed by atoms with van der Waals surface area (Å²) in [6, 6.07) is 10.1. The molecule has 1 aromatic rings. The minimum Gasteiger partial charge on any atom is -0.370 e. The van der Waals surface area contributed by atoms with Crippen LogP contribution in [0.15, 0.2) is 24.3 Å². The van der Waals surface area contributed by atoms with Crippen LogP contribution in [-0.2, 0) is 6.42 Å². The number of hydrogen-bond acceptors (Lipinski definition) is 3. The zero-order valence-electron chi connectivity index (χ0n) is 12.6. The van der Waals surface area contributed by atoms with Crippen LogP contribution >= 0.6 is 0 Å². The summed E-state index contributed by atoms with van der Waals surface area (Å²) in [4.78, 5) is 5.26. The maximum Gasteiger partial charge on any atom is 0.0366 e. The van der Waals surface area contributed by atoms with Crippen molar-refractivity contribution in [3.05, 3.63) is 29.8 Å². The molecule has 110 valence electrons. The Kier molecular flexibility index (Phi) is 4.27. The molecular weight excluding hydrogens is 246 g/mol. The molecule has 0 spiro atoms. The molecule has 2 unspecified atom stereocenters. The van der Waals surface area contributed by atoms with Gasteiger partial charge in [0.2, 0.25) is 0 Å². The summed E-state index contributed by atoms with van der Waals surface area (Å²) in [5.74, 6) is 0. The van der Waals surface area contributed by atoms with Gasteiger partial charge in [-0.3, -0.25) is 4.90 Å². The highest BCUT2D eigenvalue weighted by Gasteiger charge is 2.28. The van der Waals surface area contributed by atoms with E-state index in [1.807, 2.05) is 0 Å². The van der Waals surface area contributed by atoms with Gasteiger partial charge in [0.25, 0.3) is 0 Å². The van der Waals surface area contributed by atoms with Crippen molar-refractivity contribution >= 4 is 5.69 Å². The molecule has 2 aliphatic rings. The Morgan fingerprint density at radius 2 is 1.90 bits per heavy atom. The van der Waals surface area contributed by atoms with Gasteiger partial charge in [0.1, 0.15) is 0 Å². The molecule has 1 aromatic carbocycles. The van der Waals surface area contributed by atoms with Crippen molar-refractivity contribution in [2.24, 2.45) is 5.73 Å². The second-order valence-electron chi connectivity index (χ2n) is 6.48. The van der Waals surface area contributed by atoms with Crippen LogP contribution in [-0.4, -0.2) is 43.2 Å². The molecule has 20 heavy (non-hydrogen) atoms. The zero-order chi connectivity index (χ0) is 13.9. The van der Waals surface area contributed by atoms with E-state index in [0.717, 1.165) is 12.5 Å². The molecule has 0 aliphatic carbocycles. The number of rotatable bonds is 3. The van der Waals surface area contributed by atoms with Crippen LogP contribution in [0.1, 0.15) is 31.7 Å². The van der Waals surface area contributed by atoms with Crippen molar-refractivity contribution < 1.29 is 0 Å². The number of benzene rings is 1. The third kappa shape index (κ3) is 3.15. The van der Waals surface area contributed by atoms with Crippen molar-refractivity contribution in [1.82, 2.24) is 4.90 Å². The normalized spacial score (nSPS) is 25.3. The highest BCUT2D eigenvalue weighted by molar-refractivity contribution is 5.48. The number of hydrogen-bond donors (Lipinski definition) is 1. The highest BCUT2D eigenvalue weighted by atomic mass is 15.3. The molecule has 3 rings (SSSR count). The van der Waals surface area contributed by atoms with Crippen LogP contribution in [0.4, 0.5) is 5.69 Å². The van der Waals surface area contributed by atoms with Gasteiger partial charge < -0.3 is 10.6 Å². The third-order valence-corrected chi connectivity index (χ3v) is 4.66. The smallest absolute Gasteiger partial charge is 0.0366 e. The van der Waals surface area contributed by atoms with Gasteiger partial charge in [0, 0.05) is 37.4 Å². The number of nitrogens with two attached hydrogens (primary N) is 1. The number of fused-ring (bicyclic) bond motifs is 1. The Hall–Kier alpha value is -1.06. The summed E-state index contributed by atoms with van der Waals surface area (Å²) >= 11 is 0. The summed E-state index contributed by atoms with van der Waals surface area (Å²) in [7, 11) is 0. The highest BCUT2D eigenvalue weighted by Crippen LogP contribution is 2.25. The Balaban J connectivity index is 1.68. The Morgan fingerprint density at radius 3 is 2.65 bits per heavy atom. The van der Waals surface area contributed by atoms with Crippen LogP contribution in [0, 0.1) is 0 Å². The summed E-state index contributed by atoms with van der Waals surface area (Å²) in [5.41, 5.74) is 8.60. The van der Waals surface area contributed by atoms with Gasteiger partial charge in [0.15, 0.2) is 0 Å². The predicted molar refractivity (Wildman–Crippen MR) is 85.2 cm³/mol. The maximum atomic E-state index is 5.87. The molecule has 0 saturated carbocycles. The lowest BCUT2D eigenvalue weighted by atomic mass is 10.1. The standard InChI is InChI=1S/C17H27N3/c1-14(18)12-15-5-7-16(8-6-15)20-11-3-10-19-9-2-4-17(19)13-20/h5-8,14,17H,2-4,9-13,18H2,1H3. The molecule has 0 bridgehead atoms. The second-order valence-corrected chi connectivity index (χ2v) is 6.48. The van der Waals surface area contributed by atoms with E-state index in [9.17, 15) is 0 Å². The van der Waals surface area contributed by atoms with Crippen LogP contribution < -0.4 is 10.6 Å². The minimum atomic E-state index is 0.242. The fourth-order valence-electron chi connectivity index (χ4n) is 3.66. The van der Waals surface area contributed by atoms with E-state index in [1.54, 1.807) is 0 Å². The molecule has 3 nitrogen and oxygen atoms in total. The summed E-state index contributed by atoms with van der Waals surface area (Å²) in [5, 5.41) is 0. The Morgan fingerprint density at radius 1 is 1.15 bits per heavy atom. The monoisotopic (exact) mass is 273 g/mol. The Bertz CT molecular complexity index is 426. The van der Waals surface area contributed by atoms with E-state index in [4.69, 9.17) is 5.73 Å². The molecule has 2 heterocycles. The summed E-state index contributed by atoms with van der Waals surface area (Å²) in [6.07, 6.45) is 5.01. The van der Waals surface area contributed by atoms with Crippen molar-refractivity contribution in [2.75, 3.05) is 31.1 Å². The Labute approximate surface area is 122 Å². The van der Waals surface area contributed by atoms with Crippen molar-refractivity contribution in [2.45, 2.75) is 44.7 Å². The van der Waals surface area contributed by atoms with Gasteiger partial charge in [-0.1, -0.05) is 12.1 Å². The first kappa shape index (κ1) is 13.9. The van der Waals surface area contributed by atoms with Crippen LogP contribution in [0.25, 0.3) is 0 Å². The number of nitrogens with zero attached hydrogens (tertiary/aromatic N) is 2. The third-order valence-electron chi connectivity index (χ3n) is 4.66. The first-order valence-electron chi connectivity index (χ1n) is 8.06. The molecule has 2 aliphatic heterocycles. The van der Waals surface area contributed by atoms with Gasteiger partial charge in [-0.05, 0) is 56.8 Å². The molecule has 0 aromatic heterocycles. The lowest BCUT2D eigenvalue weighted by molar-refractivity contribution is 0.273. The fourth-order valence-corrected chi connectivity index (χ4v) is 3.66. The van der Waals surface area contributed by atoms with E-state index in [0.29, 0.717) is 0 Å². The summed E-state index contributed by atoms with van der Waals surface area (Å²) in [6.45, 7) is 7.06. The quantitative estimate of drug-likeness (QED) is 0.917. The topological polar surface area (TPSA) is 32.5 Å². The maximum absolute atomic E-state index is 5.87. The summed E-state index contributed by atoms with van der Waals surface area (Å²) < 4.78 is 0. The molecule has 2 saturated heterocycles. The van der Waals surface area contributed by atoms with Gasteiger partial charge in [-0.15, -0.1) is 0 Å². The fraction of sp³-hybridized carbons (Fsp3) is 0.647. The average Bonchev–Trinajstić information content (AvgIpc) is 2.76. The molecule has 0 amide bonds. The van der Waals surface area contributed by atoms with E-state index < -0.39 is 0 Å². The predicted octanol–water partition coefficient (Wildman–Crippen LogP) is 2.25. The molecular formula is C17H27N3. The molecule has 2 fully saturated rings. The van der Waals surface area contributed by atoms with Crippen LogP contribution in [0.5, 0.6) is 0 Å². The zero-order valence-corrected chi connectivity index (χ0v) is 12.6.